The maximum atomic E-state index is 11.7. The maximum absolute atomic E-state index is 11.7. The minimum Gasteiger partial charge on any atom is -0.368 e. The third-order valence-corrected chi connectivity index (χ3v) is 2.73. The molecule has 0 aliphatic carbocycles. The van der Waals surface area contributed by atoms with Gasteiger partial charge in [-0.3, -0.25) is 9.69 Å². The van der Waals surface area contributed by atoms with Gasteiger partial charge in [0.1, 0.15) is 6.10 Å². The molecule has 1 fully saturated rings. The molecule has 14 heavy (non-hydrogen) atoms. The van der Waals surface area contributed by atoms with Crippen molar-refractivity contribution in [2.45, 2.75) is 39.2 Å². The third kappa shape index (κ3) is 3.39. The van der Waals surface area contributed by atoms with Gasteiger partial charge in [0.15, 0.2) is 5.78 Å². The van der Waals surface area contributed by atoms with E-state index in [1.807, 2.05) is 0 Å². The molecule has 0 radical (unpaired) electrons. The molecule has 1 heterocycles. The van der Waals surface area contributed by atoms with E-state index in [0.29, 0.717) is 13.0 Å². The number of ether oxygens (including phenoxy) is 1. The molecule has 1 rings (SSSR count). The highest BCUT2D eigenvalue weighted by atomic mass is 16.5. The van der Waals surface area contributed by atoms with E-state index in [9.17, 15) is 4.79 Å². The second-order valence-corrected chi connectivity index (χ2v) is 3.82. The van der Waals surface area contributed by atoms with Crippen molar-refractivity contribution in [2.75, 3.05) is 26.2 Å². The van der Waals surface area contributed by atoms with Gasteiger partial charge in [0.05, 0.1) is 6.61 Å². The zero-order valence-electron chi connectivity index (χ0n) is 9.29. The van der Waals surface area contributed by atoms with Gasteiger partial charge in [0.25, 0.3) is 0 Å². The van der Waals surface area contributed by atoms with Gasteiger partial charge < -0.3 is 4.74 Å². The van der Waals surface area contributed by atoms with Crippen molar-refractivity contribution < 1.29 is 9.53 Å². The Morgan fingerprint density at radius 3 is 2.93 bits per heavy atom. The fourth-order valence-electron chi connectivity index (χ4n) is 1.70. The number of nitrogens with zero attached hydrogens (tertiary/aromatic N) is 1. The van der Waals surface area contributed by atoms with Gasteiger partial charge in [-0.1, -0.05) is 20.3 Å². The van der Waals surface area contributed by atoms with E-state index in [1.165, 1.54) is 0 Å². The summed E-state index contributed by atoms with van der Waals surface area (Å²) in [5, 5.41) is 0. The van der Waals surface area contributed by atoms with Gasteiger partial charge in [0, 0.05) is 19.5 Å². The van der Waals surface area contributed by atoms with Crippen molar-refractivity contribution >= 4 is 5.78 Å². The number of hydrogen-bond acceptors (Lipinski definition) is 3. The van der Waals surface area contributed by atoms with Crippen molar-refractivity contribution in [2.24, 2.45) is 0 Å². The summed E-state index contributed by atoms with van der Waals surface area (Å²) in [7, 11) is 0. The Kier molecular flexibility index (Phi) is 5.12. The van der Waals surface area contributed by atoms with Crippen LogP contribution >= 0.6 is 0 Å². The predicted octanol–water partition coefficient (Wildman–Crippen LogP) is 1.47. The third-order valence-electron chi connectivity index (χ3n) is 2.73. The van der Waals surface area contributed by atoms with Gasteiger partial charge in [-0.05, 0) is 13.0 Å². The smallest absolute Gasteiger partial charge is 0.162 e. The first kappa shape index (κ1) is 11.7. The lowest BCUT2D eigenvalue weighted by Gasteiger charge is -2.31. The molecule has 1 aliphatic rings. The van der Waals surface area contributed by atoms with Gasteiger partial charge >= 0.3 is 0 Å². The molecule has 0 aromatic rings. The fraction of sp³-hybridized carbons (Fsp3) is 0.909. The number of morpholine rings is 1. The van der Waals surface area contributed by atoms with Crippen LogP contribution in [0.25, 0.3) is 0 Å². The van der Waals surface area contributed by atoms with Crippen LogP contribution in [0.2, 0.25) is 0 Å². The van der Waals surface area contributed by atoms with Gasteiger partial charge in [-0.25, -0.2) is 0 Å². The summed E-state index contributed by atoms with van der Waals surface area (Å²) in [6, 6.07) is 0. The summed E-state index contributed by atoms with van der Waals surface area (Å²) in [6.45, 7) is 7.71. The number of rotatable bonds is 5. The van der Waals surface area contributed by atoms with Crippen LogP contribution in [0.4, 0.5) is 0 Å². The maximum Gasteiger partial charge on any atom is 0.162 e. The molecular formula is C11H21NO2. The molecule has 3 nitrogen and oxygen atoms in total. The highest BCUT2D eigenvalue weighted by Crippen LogP contribution is 2.09. The lowest BCUT2D eigenvalue weighted by Crippen LogP contribution is -2.45. The Hall–Kier alpha value is -0.410. The first-order valence-electron chi connectivity index (χ1n) is 5.64. The van der Waals surface area contributed by atoms with E-state index in [1.54, 1.807) is 0 Å². The Labute approximate surface area is 86.4 Å². The molecule has 0 aromatic heterocycles. The van der Waals surface area contributed by atoms with Crippen LogP contribution in [0.3, 0.4) is 0 Å². The van der Waals surface area contributed by atoms with Crippen molar-refractivity contribution in [3.05, 3.63) is 0 Å². The minimum atomic E-state index is -0.157. The summed E-state index contributed by atoms with van der Waals surface area (Å²) in [6.07, 6.45) is 2.59. The van der Waals surface area contributed by atoms with Crippen molar-refractivity contribution in [1.82, 2.24) is 4.90 Å². The highest BCUT2D eigenvalue weighted by Gasteiger charge is 2.24. The van der Waals surface area contributed by atoms with E-state index in [-0.39, 0.29) is 11.9 Å². The van der Waals surface area contributed by atoms with Crippen LogP contribution in [-0.4, -0.2) is 43.0 Å². The number of ketones is 1. The average molecular weight is 199 g/mol. The SMILES string of the molecule is CCCCC(=O)C1CN(CC)CCO1. The van der Waals surface area contributed by atoms with E-state index >= 15 is 0 Å². The summed E-state index contributed by atoms with van der Waals surface area (Å²) in [4.78, 5) is 13.9. The molecule has 1 aliphatic heterocycles. The van der Waals surface area contributed by atoms with Crippen LogP contribution in [-0.2, 0) is 9.53 Å². The lowest BCUT2D eigenvalue weighted by atomic mass is 10.1. The highest BCUT2D eigenvalue weighted by molar-refractivity contribution is 5.83. The molecule has 0 saturated carbocycles. The molecule has 0 amide bonds. The molecule has 1 unspecified atom stereocenters. The summed E-state index contributed by atoms with van der Waals surface area (Å²) >= 11 is 0. The van der Waals surface area contributed by atoms with E-state index in [0.717, 1.165) is 32.5 Å². The zero-order chi connectivity index (χ0) is 10.4. The molecule has 82 valence electrons. The Morgan fingerprint density at radius 1 is 1.50 bits per heavy atom. The molecule has 0 spiro atoms. The number of Topliss-reactive ketones (excluding diaryl/α,β-unsaturated/α-hetero) is 1. The minimum absolute atomic E-state index is 0.157. The van der Waals surface area contributed by atoms with Crippen molar-refractivity contribution in [3.63, 3.8) is 0 Å². The quantitative estimate of drug-likeness (QED) is 0.671. The summed E-state index contributed by atoms with van der Waals surface area (Å²) in [5.74, 6) is 0.282. The number of unbranched alkanes of at least 4 members (excludes halogenated alkanes) is 1. The van der Waals surface area contributed by atoms with E-state index in [4.69, 9.17) is 4.74 Å². The second kappa shape index (κ2) is 6.14. The Balaban J connectivity index is 2.31. The first-order valence-corrected chi connectivity index (χ1v) is 5.64. The molecule has 0 aromatic carbocycles. The monoisotopic (exact) mass is 199 g/mol. The van der Waals surface area contributed by atoms with Crippen LogP contribution < -0.4 is 0 Å². The Bertz CT molecular complexity index is 182. The number of carbonyl (C=O) groups excluding carboxylic acids is 1. The topological polar surface area (TPSA) is 29.5 Å². The number of carbonyl (C=O) groups is 1. The molecule has 0 bridgehead atoms. The molecule has 3 heteroatoms. The van der Waals surface area contributed by atoms with Gasteiger partial charge in [-0.2, -0.15) is 0 Å². The average Bonchev–Trinajstić information content (AvgIpc) is 2.26. The Morgan fingerprint density at radius 2 is 2.29 bits per heavy atom. The normalized spacial score (nSPS) is 23.7. The summed E-state index contributed by atoms with van der Waals surface area (Å²) in [5.41, 5.74) is 0. The van der Waals surface area contributed by atoms with E-state index in [2.05, 4.69) is 18.7 Å². The van der Waals surface area contributed by atoms with Crippen molar-refractivity contribution in [1.29, 1.82) is 0 Å². The van der Waals surface area contributed by atoms with Crippen LogP contribution in [0.5, 0.6) is 0 Å². The molecule has 1 saturated heterocycles. The van der Waals surface area contributed by atoms with Gasteiger partial charge in [0.2, 0.25) is 0 Å². The first-order chi connectivity index (χ1) is 6.77. The molecular weight excluding hydrogens is 178 g/mol. The van der Waals surface area contributed by atoms with Crippen molar-refractivity contribution in [3.8, 4) is 0 Å². The lowest BCUT2D eigenvalue weighted by molar-refractivity contribution is -0.136. The number of hydrogen-bond donors (Lipinski definition) is 0. The largest absolute Gasteiger partial charge is 0.368 e. The van der Waals surface area contributed by atoms with Crippen LogP contribution in [0.1, 0.15) is 33.1 Å². The standard InChI is InChI=1S/C11H21NO2/c1-3-5-6-10(13)11-9-12(4-2)7-8-14-11/h11H,3-9H2,1-2H3. The number of likely N-dealkylation sites (N-methyl/N-ethyl adjacent to an activating group) is 1. The second-order valence-electron chi connectivity index (χ2n) is 3.82. The fourth-order valence-corrected chi connectivity index (χ4v) is 1.70. The molecule has 0 N–H and O–H groups in total. The van der Waals surface area contributed by atoms with Gasteiger partial charge in [-0.15, -0.1) is 0 Å². The van der Waals surface area contributed by atoms with Crippen LogP contribution in [0.15, 0.2) is 0 Å². The molecule has 1 atom stereocenters. The summed E-state index contributed by atoms with van der Waals surface area (Å²) < 4.78 is 5.48. The van der Waals surface area contributed by atoms with Crippen LogP contribution in [0, 0.1) is 0 Å². The predicted molar refractivity (Wildman–Crippen MR) is 56.4 cm³/mol. The van der Waals surface area contributed by atoms with E-state index < -0.39 is 0 Å². The zero-order valence-corrected chi connectivity index (χ0v) is 9.29.